The molecule has 0 spiro atoms. The lowest BCUT2D eigenvalue weighted by Gasteiger charge is -2.06. The fraction of sp³-hybridized carbons (Fsp3) is 0.0667. The van der Waals surface area contributed by atoms with Gasteiger partial charge in [0.25, 0.3) is 5.91 Å². The fourth-order valence-corrected chi connectivity index (χ4v) is 3.99. The Bertz CT molecular complexity index is 1010. The van der Waals surface area contributed by atoms with Crippen LogP contribution in [0.2, 0.25) is 0 Å². The molecule has 110 valence electrons. The van der Waals surface area contributed by atoms with E-state index in [1.165, 1.54) is 11.3 Å². The molecular weight excluding hydrogens is 318 g/mol. The number of hydrogen-bond acceptors (Lipinski definition) is 5. The van der Waals surface area contributed by atoms with E-state index in [4.69, 9.17) is 0 Å². The molecule has 1 amide bonds. The number of aromatic hydroxyl groups is 1. The Balaban J connectivity index is 1.68. The molecular formula is C15H11N3O2S2. The Hall–Kier alpha value is -2.38. The molecule has 0 radical (unpaired) electrons. The van der Waals surface area contributed by atoms with E-state index >= 15 is 0 Å². The van der Waals surface area contributed by atoms with Gasteiger partial charge in [-0.05, 0) is 30.7 Å². The molecule has 0 aliphatic heterocycles. The van der Waals surface area contributed by atoms with Crippen LogP contribution in [0, 0.1) is 6.92 Å². The molecule has 0 atom stereocenters. The van der Waals surface area contributed by atoms with Gasteiger partial charge in [0.1, 0.15) is 10.6 Å². The first kappa shape index (κ1) is 13.3. The number of carbonyl (C=O) groups is 1. The quantitative estimate of drug-likeness (QED) is 0.549. The van der Waals surface area contributed by atoms with Gasteiger partial charge in [0.2, 0.25) is 0 Å². The smallest absolute Gasteiger partial charge is 0.265 e. The zero-order chi connectivity index (χ0) is 15.3. The van der Waals surface area contributed by atoms with E-state index in [0.717, 1.165) is 20.9 Å². The summed E-state index contributed by atoms with van der Waals surface area (Å²) in [7, 11) is 0. The molecule has 4 aromatic rings. The molecule has 22 heavy (non-hydrogen) atoms. The highest BCUT2D eigenvalue weighted by molar-refractivity contribution is 7.21. The Morgan fingerprint density at radius 2 is 2.23 bits per heavy atom. The van der Waals surface area contributed by atoms with Crippen molar-refractivity contribution in [1.29, 1.82) is 0 Å². The molecule has 0 unspecified atom stereocenters. The summed E-state index contributed by atoms with van der Waals surface area (Å²) in [6.07, 6.45) is 1.94. The van der Waals surface area contributed by atoms with Crippen LogP contribution in [-0.4, -0.2) is 20.4 Å². The van der Waals surface area contributed by atoms with E-state index in [0.29, 0.717) is 10.6 Å². The molecule has 3 aromatic heterocycles. The molecule has 0 bridgehead atoms. The van der Waals surface area contributed by atoms with Crippen molar-refractivity contribution in [3.63, 3.8) is 0 Å². The molecule has 0 aliphatic rings. The second-order valence-corrected chi connectivity index (χ2v) is 6.85. The van der Waals surface area contributed by atoms with Gasteiger partial charge in [0, 0.05) is 11.6 Å². The van der Waals surface area contributed by atoms with Crippen LogP contribution < -0.4 is 5.32 Å². The zero-order valence-electron chi connectivity index (χ0n) is 11.5. The van der Waals surface area contributed by atoms with Crippen molar-refractivity contribution < 1.29 is 9.90 Å². The number of rotatable bonds is 2. The number of benzene rings is 1. The SMILES string of the molecule is Cc1ccc(NC(=O)c2cc3c(nc4sccn43)s2)c(O)c1. The minimum absolute atomic E-state index is 0.0663. The Morgan fingerprint density at radius 3 is 3.05 bits per heavy atom. The predicted octanol–water partition coefficient (Wildman–Crippen LogP) is 3.88. The third-order valence-corrected chi connectivity index (χ3v) is 5.14. The number of hydrogen-bond donors (Lipinski definition) is 2. The maximum absolute atomic E-state index is 12.3. The molecule has 0 saturated heterocycles. The number of anilines is 1. The highest BCUT2D eigenvalue weighted by Crippen LogP contribution is 2.30. The average Bonchev–Trinajstić information content (AvgIpc) is 3.12. The molecule has 3 heterocycles. The Labute approximate surface area is 133 Å². The summed E-state index contributed by atoms with van der Waals surface area (Å²) in [4.78, 5) is 19.2. The van der Waals surface area contributed by atoms with Crippen LogP contribution in [-0.2, 0) is 0 Å². The first-order valence-corrected chi connectivity index (χ1v) is 8.27. The predicted molar refractivity (Wildman–Crippen MR) is 89.2 cm³/mol. The highest BCUT2D eigenvalue weighted by atomic mass is 32.1. The number of nitrogens with one attached hydrogen (secondary N) is 1. The number of nitrogens with zero attached hydrogens (tertiary/aromatic N) is 2. The summed E-state index contributed by atoms with van der Waals surface area (Å²) >= 11 is 2.91. The lowest BCUT2D eigenvalue weighted by molar-refractivity contribution is 0.103. The van der Waals surface area contributed by atoms with Gasteiger partial charge in [-0.2, -0.15) is 0 Å². The monoisotopic (exact) mass is 329 g/mol. The van der Waals surface area contributed by atoms with Crippen LogP contribution >= 0.6 is 22.7 Å². The zero-order valence-corrected chi connectivity index (χ0v) is 13.2. The summed E-state index contributed by atoms with van der Waals surface area (Å²) in [5.74, 6) is -0.178. The van der Waals surface area contributed by atoms with E-state index < -0.39 is 0 Å². The van der Waals surface area contributed by atoms with Gasteiger partial charge in [-0.3, -0.25) is 9.20 Å². The first-order chi connectivity index (χ1) is 10.6. The van der Waals surface area contributed by atoms with Crippen LogP contribution in [0.3, 0.4) is 0 Å². The van der Waals surface area contributed by atoms with Crippen LogP contribution in [0.4, 0.5) is 5.69 Å². The van der Waals surface area contributed by atoms with E-state index in [1.807, 2.05) is 35.0 Å². The second kappa shape index (κ2) is 4.82. The molecule has 1 aromatic carbocycles. The summed E-state index contributed by atoms with van der Waals surface area (Å²) < 4.78 is 1.97. The van der Waals surface area contributed by atoms with Gasteiger partial charge in [-0.1, -0.05) is 6.07 Å². The standard InChI is InChI=1S/C15H11N3O2S2/c1-8-2-3-9(11(19)6-8)16-13(20)12-7-10-14(22-12)17-15-18(10)4-5-21-15/h2-7,19H,1H3,(H,16,20). The van der Waals surface area contributed by atoms with Crippen molar-refractivity contribution in [3.8, 4) is 5.75 Å². The lowest BCUT2D eigenvalue weighted by Crippen LogP contribution is -2.10. The van der Waals surface area contributed by atoms with Crippen molar-refractivity contribution in [2.75, 3.05) is 5.32 Å². The second-order valence-electron chi connectivity index (χ2n) is 4.94. The minimum atomic E-state index is -0.244. The number of thiazole rings is 1. The van der Waals surface area contributed by atoms with Crippen LogP contribution in [0.1, 0.15) is 15.2 Å². The van der Waals surface area contributed by atoms with Crippen LogP contribution in [0.15, 0.2) is 35.8 Å². The van der Waals surface area contributed by atoms with Gasteiger partial charge in [-0.25, -0.2) is 4.98 Å². The number of carbonyl (C=O) groups excluding carboxylic acids is 1. The van der Waals surface area contributed by atoms with E-state index in [2.05, 4.69) is 10.3 Å². The van der Waals surface area contributed by atoms with Gasteiger partial charge in [0.05, 0.1) is 16.1 Å². The molecule has 5 nitrogen and oxygen atoms in total. The first-order valence-electron chi connectivity index (χ1n) is 6.58. The van der Waals surface area contributed by atoms with Crippen molar-refractivity contribution >= 4 is 49.6 Å². The van der Waals surface area contributed by atoms with Gasteiger partial charge >= 0.3 is 0 Å². The molecule has 0 fully saturated rings. The number of amides is 1. The van der Waals surface area contributed by atoms with Crippen molar-refractivity contribution in [1.82, 2.24) is 9.38 Å². The Kier molecular flexibility index (Phi) is 2.91. The number of phenolic OH excluding ortho intramolecular Hbond substituents is 1. The van der Waals surface area contributed by atoms with Crippen LogP contribution in [0.5, 0.6) is 5.75 Å². The number of aromatic nitrogens is 2. The molecule has 7 heteroatoms. The molecule has 4 rings (SSSR count). The third-order valence-electron chi connectivity index (χ3n) is 3.36. The summed E-state index contributed by atoms with van der Waals surface area (Å²) in [6.45, 7) is 1.88. The number of thiophene rings is 1. The average molecular weight is 329 g/mol. The normalized spacial score (nSPS) is 11.3. The topological polar surface area (TPSA) is 66.6 Å². The number of aryl methyl sites for hydroxylation is 1. The van der Waals surface area contributed by atoms with Crippen molar-refractivity contribution in [2.45, 2.75) is 6.92 Å². The van der Waals surface area contributed by atoms with Gasteiger partial charge in [-0.15, -0.1) is 22.7 Å². The third kappa shape index (κ3) is 2.06. The Morgan fingerprint density at radius 1 is 1.36 bits per heavy atom. The van der Waals surface area contributed by atoms with Gasteiger partial charge < -0.3 is 10.4 Å². The van der Waals surface area contributed by atoms with E-state index in [9.17, 15) is 9.90 Å². The van der Waals surface area contributed by atoms with E-state index in [1.54, 1.807) is 23.5 Å². The molecule has 0 saturated carbocycles. The number of fused-ring (bicyclic) bond motifs is 3. The van der Waals surface area contributed by atoms with Crippen molar-refractivity contribution in [3.05, 3.63) is 46.3 Å². The van der Waals surface area contributed by atoms with Crippen LogP contribution in [0.25, 0.3) is 15.3 Å². The largest absolute Gasteiger partial charge is 0.506 e. The summed E-state index contributed by atoms with van der Waals surface area (Å²) in [5.41, 5.74) is 2.27. The van der Waals surface area contributed by atoms with Gasteiger partial charge in [0.15, 0.2) is 4.96 Å². The number of imidazole rings is 1. The fourth-order valence-electron chi connectivity index (χ4n) is 2.29. The van der Waals surface area contributed by atoms with Crippen molar-refractivity contribution in [2.24, 2.45) is 0 Å². The minimum Gasteiger partial charge on any atom is -0.506 e. The summed E-state index contributed by atoms with van der Waals surface area (Å²) in [6, 6.07) is 6.98. The number of phenols is 1. The molecule has 2 N–H and O–H groups in total. The maximum atomic E-state index is 12.3. The highest BCUT2D eigenvalue weighted by Gasteiger charge is 2.16. The summed E-state index contributed by atoms with van der Waals surface area (Å²) in [5, 5.41) is 14.6. The molecule has 0 aliphatic carbocycles. The van der Waals surface area contributed by atoms with E-state index in [-0.39, 0.29) is 11.7 Å². The lowest BCUT2D eigenvalue weighted by atomic mass is 10.2. The maximum Gasteiger partial charge on any atom is 0.265 e.